The lowest BCUT2D eigenvalue weighted by Crippen LogP contribution is -2.18. The third-order valence-corrected chi connectivity index (χ3v) is 3.53. The average molecular weight is 353 g/mol. The topological polar surface area (TPSA) is 74.6 Å². The molecule has 1 heterocycles. The van der Waals surface area contributed by atoms with Gasteiger partial charge in [-0.1, -0.05) is 12.1 Å². The molecule has 0 aliphatic heterocycles. The predicted octanol–water partition coefficient (Wildman–Crippen LogP) is 3.50. The molecule has 0 radical (unpaired) electrons. The van der Waals surface area contributed by atoms with Gasteiger partial charge in [0.2, 0.25) is 0 Å². The van der Waals surface area contributed by atoms with E-state index < -0.39 is 17.5 Å². The number of halogens is 2. The average Bonchev–Trinajstić information content (AvgIpc) is 2.63. The molecule has 7 heteroatoms. The predicted molar refractivity (Wildman–Crippen MR) is 92.8 cm³/mol. The van der Waals surface area contributed by atoms with Crippen molar-refractivity contribution in [2.24, 2.45) is 5.10 Å². The number of phenols is 1. The number of hydrogen-bond donors (Lipinski definition) is 2. The lowest BCUT2D eigenvalue weighted by molar-refractivity contribution is 0.0952. The molecule has 0 saturated heterocycles. The minimum absolute atomic E-state index is 0.0932. The fourth-order valence-corrected chi connectivity index (χ4v) is 2.28. The number of nitrogens with zero attached hydrogens (tertiary/aromatic N) is 2. The molecule has 1 aromatic heterocycles. The standard InChI is InChI=1S/C19H13F2N3O2/c20-13-5-6-15(17(21)10-13)12-4-7-18(25)16(9-12)19(26)24-23-11-14-3-1-2-8-22-14/h1-11,25H,(H,24,26)/b23-11+. The molecule has 0 spiro atoms. The third-order valence-electron chi connectivity index (χ3n) is 3.53. The second kappa shape index (κ2) is 7.52. The Labute approximate surface area is 147 Å². The van der Waals surface area contributed by atoms with Crippen molar-refractivity contribution in [3.05, 3.63) is 83.7 Å². The van der Waals surface area contributed by atoms with E-state index in [1.165, 1.54) is 30.5 Å². The van der Waals surface area contributed by atoms with Gasteiger partial charge in [-0.05, 0) is 42.0 Å². The molecule has 3 aromatic rings. The Bertz CT molecular complexity index is 976. The van der Waals surface area contributed by atoms with Crippen molar-refractivity contribution >= 4 is 12.1 Å². The fourth-order valence-electron chi connectivity index (χ4n) is 2.28. The minimum Gasteiger partial charge on any atom is -0.507 e. The zero-order chi connectivity index (χ0) is 18.5. The van der Waals surface area contributed by atoms with Crippen molar-refractivity contribution in [3.8, 4) is 16.9 Å². The number of phenolic OH excluding ortho intramolecular Hbond substituents is 1. The van der Waals surface area contributed by atoms with Crippen LogP contribution in [0, 0.1) is 11.6 Å². The molecule has 0 aliphatic rings. The largest absolute Gasteiger partial charge is 0.507 e. The maximum atomic E-state index is 13.9. The Morgan fingerprint density at radius 1 is 1.12 bits per heavy atom. The van der Waals surface area contributed by atoms with Gasteiger partial charge in [0.05, 0.1) is 17.5 Å². The maximum Gasteiger partial charge on any atom is 0.275 e. The zero-order valence-electron chi connectivity index (χ0n) is 13.4. The zero-order valence-corrected chi connectivity index (χ0v) is 13.4. The Morgan fingerprint density at radius 2 is 1.96 bits per heavy atom. The van der Waals surface area contributed by atoms with Crippen molar-refractivity contribution in [2.45, 2.75) is 0 Å². The first-order chi connectivity index (χ1) is 12.5. The molecule has 2 aromatic carbocycles. The van der Waals surface area contributed by atoms with Crippen LogP contribution in [0.2, 0.25) is 0 Å². The molecule has 0 saturated carbocycles. The van der Waals surface area contributed by atoms with Crippen LogP contribution in [0.15, 0.2) is 65.9 Å². The summed E-state index contributed by atoms with van der Waals surface area (Å²) in [6.45, 7) is 0. The third kappa shape index (κ3) is 3.89. The first-order valence-electron chi connectivity index (χ1n) is 7.57. The Morgan fingerprint density at radius 3 is 2.69 bits per heavy atom. The van der Waals surface area contributed by atoms with Crippen LogP contribution in [-0.2, 0) is 0 Å². The summed E-state index contributed by atoms with van der Waals surface area (Å²) in [6, 6.07) is 12.3. The number of pyridine rings is 1. The van der Waals surface area contributed by atoms with Crippen molar-refractivity contribution in [2.75, 3.05) is 0 Å². The van der Waals surface area contributed by atoms with Gasteiger partial charge in [-0.2, -0.15) is 5.10 Å². The smallest absolute Gasteiger partial charge is 0.275 e. The number of nitrogens with one attached hydrogen (secondary N) is 1. The summed E-state index contributed by atoms with van der Waals surface area (Å²) < 4.78 is 27.0. The second-order valence-electron chi connectivity index (χ2n) is 5.31. The van der Waals surface area contributed by atoms with E-state index in [0.717, 1.165) is 12.1 Å². The number of benzene rings is 2. The van der Waals surface area contributed by atoms with Gasteiger partial charge in [0.1, 0.15) is 17.4 Å². The Balaban J connectivity index is 1.83. The molecule has 0 aliphatic carbocycles. The molecule has 0 unspecified atom stereocenters. The van der Waals surface area contributed by atoms with Gasteiger partial charge in [0.25, 0.3) is 5.91 Å². The summed E-state index contributed by atoms with van der Waals surface area (Å²) >= 11 is 0. The number of aromatic nitrogens is 1. The van der Waals surface area contributed by atoms with E-state index in [9.17, 15) is 18.7 Å². The molecular formula is C19H13F2N3O2. The quantitative estimate of drug-likeness (QED) is 0.557. The fraction of sp³-hybridized carbons (Fsp3) is 0. The molecule has 130 valence electrons. The molecule has 2 N–H and O–H groups in total. The van der Waals surface area contributed by atoms with E-state index in [1.807, 2.05) is 0 Å². The van der Waals surface area contributed by atoms with Crippen molar-refractivity contribution in [3.63, 3.8) is 0 Å². The normalized spacial score (nSPS) is 10.8. The van der Waals surface area contributed by atoms with Gasteiger partial charge in [-0.15, -0.1) is 0 Å². The van der Waals surface area contributed by atoms with Gasteiger partial charge in [-0.3, -0.25) is 9.78 Å². The lowest BCUT2D eigenvalue weighted by Gasteiger charge is -2.08. The van der Waals surface area contributed by atoms with E-state index in [-0.39, 0.29) is 16.9 Å². The minimum atomic E-state index is -0.768. The highest BCUT2D eigenvalue weighted by Gasteiger charge is 2.14. The molecule has 0 atom stereocenters. The highest BCUT2D eigenvalue weighted by molar-refractivity contribution is 5.98. The summed E-state index contributed by atoms with van der Waals surface area (Å²) in [7, 11) is 0. The molecule has 3 rings (SSSR count). The summed E-state index contributed by atoms with van der Waals surface area (Å²) in [4.78, 5) is 16.2. The monoisotopic (exact) mass is 353 g/mol. The number of rotatable bonds is 4. The molecular weight excluding hydrogens is 340 g/mol. The van der Waals surface area contributed by atoms with Gasteiger partial charge >= 0.3 is 0 Å². The van der Waals surface area contributed by atoms with E-state index in [0.29, 0.717) is 11.3 Å². The highest BCUT2D eigenvalue weighted by Crippen LogP contribution is 2.28. The van der Waals surface area contributed by atoms with Crippen molar-refractivity contribution in [1.82, 2.24) is 10.4 Å². The van der Waals surface area contributed by atoms with Gasteiger partial charge < -0.3 is 5.11 Å². The number of amides is 1. The van der Waals surface area contributed by atoms with E-state index in [4.69, 9.17) is 0 Å². The summed E-state index contributed by atoms with van der Waals surface area (Å²) in [5.41, 5.74) is 3.14. The Hall–Kier alpha value is -3.61. The number of carbonyl (C=O) groups is 1. The first kappa shape index (κ1) is 17.2. The van der Waals surface area contributed by atoms with Crippen molar-refractivity contribution in [1.29, 1.82) is 0 Å². The molecule has 1 amide bonds. The van der Waals surface area contributed by atoms with Crippen LogP contribution in [-0.4, -0.2) is 22.2 Å². The number of carbonyl (C=O) groups excluding carboxylic acids is 1. The lowest BCUT2D eigenvalue weighted by atomic mass is 10.0. The number of hydrazone groups is 1. The molecule has 0 fully saturated rings. The van der Waals surface area contributed by atoms with Crippen LogP contribution in [0.5, 0.6) is 5.75 Å². The summed E-state index contributed by atoms with van der Waals surface area (Å²) in [6.07, 6.45) is 2.92. The summed E-state index contributed by atoms with van der Waals surface area (Å²) in [5, 5.41) is 13.7. The summed E-state index contributed by atoms with van der Waals surface area (Å²) in [5.74, 6) is -2.44. The SMILES string of the molecule is O=C(N/N=C/c1ccccn1)c1cc(-c2ccc(F)cc2F)ccc1O. The van der Waals surface area contributed by atoms with Crippen LogP contribution in [0.4, 0.5) is 8.78 Å². The molecule has 0 bridgehead atoms. The first-order valence-corrected chi connectivity index (χ1v) is 7.57. The Kier molecular flexibility index (Phi) is 4.98. The van der Waals surface area contributed by atoms with Gasteiger partial charge in [-0.25, -0.2) is 14.2 Å². The van der Waals surface area contributed by atoms with Crippen LogP contribution in [0.25, 0.3) is 11.1 Å². The number of aromatic hydroxyl groups is 1. The van der Waals surface area contributed by atoms with Gasteiger partial charge in [0.15, 0.2) is 0 Å². The highest BCUT2D eigenvalue weighted by atomic mass is 19.1. The number of hydrogen-bond acceptors (Lipinski definition) is 4. The van der Waals surface area contributed by atoms with Crippen LogP contribution < -0.4 is 5.43 Å². The van der Waals surface area contributed by atoms with Crippen LogP contribution in [0.1, 0.15) is 16.1 Å². The second-order valence-corrected chi connectivity index (χ2v) is 5.31. The van der Waals surface area contributed by atoms with E-state index in [1.54, 1.807) is 24.4 Å². The maximum absolute atomic E-state index is 13.9. The van der Waals surface area contributed by atoms with E-state index in [2.05, 4.69) is 15.5 Å². The molecule has 5 nitrogen and oxygen atoms in total. The van der Waals surface area contributed by atoms with Crippen LogP contribution in [0.3, 0.4) is 0 Å². The molecule has 26 heavy (non-hydrogen) atoms. The van der Waals surface area contributed by atoms with Crippen molar-refractivity contribution < 1.29 is 18.7 Å². The van der Waals surface area contributed by atoms with E-state index >= 15 is 0 Å². The van der Waals surface area contributed by atoms with Crippen LogP contribution >= 0.6 is 0 Å². The van der Waals surface area contributed by atoms with Gasteiger partial charge in [0, 0.05) is 17.8 Å².